The first-order valence-corrected chi connectivity index (χ1v) is 3.94. The minimum Gasteiger partial charge on any atom is -0.466 e. The largest absolute Gasteiger partial charge is 0.466 e. The summed E-state index contributed by atoms with van der Waals surface area (Å²) in [5, 5.41) is 0. The van der Waals surface area contributed by atoms with Gasteiger partial charge in [-0.25, -0.2) is 9.78 Å². The maximum atomic E-state index is 11.0. The van der Waals surface area contributed by atoms with E-state index in [9.17, 15) is 4.79 Å². The number of methoxy groups -OCH3 is 2. The number of nitrogens with zero attached hydrogens (tertiary/aromatic N) is 1. The van der Waals surface area contributed by atoms with Crippen LogP contribution in [0.15, 0.2) is 18.3 Å². The van der Waals surface area contributed by atoms with Crippen LogP contribution in [0.5, 0.6) is 5.75 Å². The first-order valence-electron chi connectivity index (χ1n) is 3.94. The van der Waals surface area contributed by atoms with Crippen LogP contribution in [-0.4, -0.2) is 32.0 Å². The van der Waals surface area contributed by atoms with Gasteiger partial charge in [-0.15, -0.1) is 0 Å². The molecule has 0 atom stereocenters. The van der Waals surface area contributed by atoms with Crippen molar-refractivity contribution in [3.8, 4) is 5.75 Å². The van der Waals surface area contributed by atoms with Crippen molar-refractivity contribution < 1.29 is 19.0 Å². The molecule has 0 bridgehead atoms. The number of rotatable bonds is 4. The van der Waals surface area contributed by atoms with Gasteiger partial charge >= 0.3 is 5.97 Å². The molecule has 0 aliphatic rings. The molecule has 0 fully saturated rings. The molecule has 0 aliphatic heterocycles. The zero-order valence-corrected chi connectivity index (χ0v) is 8.02. The Morgan fingerprint density at radius 2 is 2.21 bits per heavy atom. The van der Waals surface area contributed by atoms with E-state index in [0.29, 0.717) is 5.75 Å². The molecule has 76 valence electrons. The van der Waals surface area contributed by atoms with Crippen LogP contribution >= 0.6 is 0 Å². The van der Waals surface area contributed by atoms with Gasteiger partial charge in [0.25, 0.3) is 0 Å². The number of esters is 1. The standard InChI is InChI=1S/C9H11NO4/c1-12-6-14-7-3-4-8(10-5-7)9(11)13-2/h3-5H,6H2,1-2H3. The van der Waals surface area contributed by atoms with Crippen molar-refractivity contribution in [3.63, 3.8) is 0 Å². The maximum Gasteiger partial charge on any atom is 0.356 e. The molecule has 1 aromatic rings. The van der Waals surface area contributed by atoms with E-state index in [0.717, 1.165) is 0 Å². The van der Waals surface area contributed by atoms with E-state index in [-0.39, 0.29) is 12.5 Å². The van der Waals surface area contributed by atoms with E-state index >= 15 is 0 Å². The van der Waals surface area contributed by atoms with Gasteiger partial charge in [-0.05, 0) is 12.1 Å². The summed E-state index contributed by atoms with van der Waals surface area (Å²) in [4.78, 5) is 14.8. The van der Waals surface area contributed by atoms with Crippen molar-refractivity contribution in [2.24, 2.45) is 0 Å². The highest BCUT2D eigenvalue weighted by Crippen LogP contribution is 2.09. The van der Waals surface area contributed by atoms with Gasteiger partial charge in [0.05, 0.1) is 13.3 Å². The van der Waals surface area contributed by atoms with Gasteiger partial charge in [-0.3, -0.25) is 0 Å². The van der Waals surface area contributed by atoms with Crippen LogP contribution in [0.25, 0.3) is 0 Å². The van der Waals surface area contributed by atoms with Crippen molar-refractivity contribution in [1.82, 2.24) is 4.98 Å². The van der Waals surface area contributed by atoms with Crippen molar-refractivity contribution in [1.29, 1.82) is 0 Å². The Morgan fingerprint density at radius 1 is 1.43 bits per heavy atom. The molecule has 5 nitrogen and oxygen atoms in total. The summed E-state index contributed by atoms with van der Waals surface area (Å²) in [5.74, 6) is 0.0720. The van der Waals surface area contributed by atoms with E-state index in [1.807, 2.05) is 0 Å². The quantitative estimate of drug-likeness (QED) is 0.529. The third kappa shape index (κ3) is 2.70. The maximum absolute atomic E-state index is 11.0. The molecule has 0 unspecified atom stereocenters. The first-order chi connectivity index (χ1) is 6.77. The topological polar surface area (TPSA) is 57.7 Å². The number of hydrogen-bond acceptors (Lipinski definition) is 5. The molecule has 0 spiro atoms. The van der Waals surface area contributed by atoms with E-state index in [4.69, 9.17) is 9.47 Å². The van der Waals surface area contributed by atoms with Crippen molar-refractivity contribution in [2.75, 3.05) is 21.0 Å². The van der Waals surface area contributed by atoms with Crippen LogP contribution in [0, 0.1) is 0 Å². The summed E-state index contributed by atoms with van der Waals surface area (Å²) in [6.07, 6.45) is 1.44. The van der Waals surface area contributed by atoms with Gasteiger partial charge < -0.3 is 14.2 Å². The SMILES string of the molecule is COCOc1ccc(C(=O)OC)nc1. The van der Waals surface area contributed by atoms with Gasteiger partial charge in [-0.2, -0.15) is 0 Å². The molecule has 1 rings (SSSR count). The molecule has 0 aliphatic carbocycles. The average molecular weight is 197 g/mol. The lowest BCUT2D eigenvalue weighted by atomic mass is 10.3. The molecule has 0 aromatic carbocycles. The van der Waals surface area contributed by atoms with Crippen LogP contribution in [0.1, 0.15) is 10.5 Å². The Bertz CT molecular complexity index is 296. The highest BCUT2D eigenvalue weighted by molar-refractivity contribution is 5.87. The summed E-state index contributed by atoms with van der Waals surface area (Å²) in [6.45, 7) is 0.152. The second-order valence-corrected chi connectivity index (χ2v) is 2.42. The van der Waals surface area contributed by atoms with Crippen LogP contribution in [0.2, 0.25) is 0 Å². The number of carbonyl (C=O) groups excluding carboxylic acids is 1. The van der Waals surface area contributed by atoms with Gasteiger partial charge in [0.2, 0.25) is 0 Å². The molecular formula is C9H11NO4. The Morgan fingerprint density at radius 3 is 2.71 bits per heavy atom. The molecule has 1 aromatic heterocycles. The molecule has 0 saturated carbocycles. The smallest absolute Gasteiger partial charge is 0.356 e. The Balaban J connectivity index is 2.63. The highest BCUT2D eigenvalue weighted by atomic mass is 16.7. The molecule has 0 N–H and O–H groups in total. The summed E-state index contributed by atoms with van der Waals surface area (Å²) in [7, 11) is 2.83. The second kappa shape index (κ2) is 5.18. The zero-order chi connectivity index (χ0) is 10.4. The van der Waals surface area contributed by atoms with Crippen LogP contribution in [-0.2, 0) is 9.47 Å². The lowest BCUT2D eigenvalue weighted by Gasteiger charge is -2.03. The van der Waals surface area contributed by atoms with Gasteiger partial charge in [0, 0.05) is 7.11 Å². The fourth-order valence-electron chi connectivity index (χ4n) is 0.818. The fraction of sp³-hybridized carbons (Fsp3) is 0.333. The Labute approximate surface area is 81.6 Å². The van der Waals surface area contributed by atoms with Gasteiger partial charge in [0.15, 0.2) is 6.79 Å². The monoisotopic (exact) mass is 197 g/mol. The Hall–Kier alpha value is -1.62. The third-order valence-electron chi connectivity index (χ3n) is 1.47. The molecule has 14 heavy (non-hydrogen) atoms. The molecular weight excluding hydrogens is 186 g/mol. The van der Waals surface area contributed by atoms with Crippen LogP contribution < -0.4 is 4.74 Å². The van der Waals surface area contributed by atoms with Crippen molar-refractivity contribution in [3.05, 3.63) is 24.0 Å². The predicted molar refractivity (Wildman–Crippen MR) is 48.1 cm³/mol. The highest BCUT2D eigenvalue weighted by Gasteiger charge is 2.05. The minimum absolute atomic E-state index is 0.152. The van der Waals surface area contributed by atoms with E-state index in [1.165, 1.54) is 26.5 Å². The number of carbonyl (C=O) groups is 1. The van der Waals surface area contributed by atoms with Gasteiger partial charge in [0.1, 0.15) is 11.4 Å². The minimum atomic E-state index is -0.469. The molecule has 1 heterocycles. The molecule has 0 saturated heterocycles. The third-order valence-corrected chi connectivity index (χ3v) is 1.47. The van der Waals surface area contributed by atoms with E-state index < -0.39 is 5.97 Å². The second-order valence-electron chi connectivity index (χ2n) is 2.42. The summed E-state index contributed by atoms with van der Waals surface area (Å²) >= 11 is 0. The normalized spacial score (nSPS) is 9.57. The van der Waals surface area contributed by atoms with Crippen molar-refractivity contribution >= 4 is 5.97 Å². The van der Waals surface area contributed by atoms with Gasteiger partial charge in [-0.1, -0.05) is 0 Å². The van der Waals surface area contributed by atoms with Crippen LogP contribution in [0.4, 0.5) is 0 Å². The molecule has 5 heteroatoms. The Kier molecular flexibility index (Phi) is 3.87. The summed E-state index contributed by atoms with van der Waals surface area (Å²) in [5.41, 5.74) is 0.247. The van der Waals surface area contributed by atoms with E-state index in [1.54, 1.807) is 6.07 Å². The van der Waals surface area contributed by atoms with Crippen molar-refractivity contribution in [2.45, 2.75) is 0 Å². The number of aromatic nitrogens is 1. The average Bonchev–Trinajstić information content (AvgIpc) is 2.26. The summed E-state index contributed by atoms with van der Waals surface area (Å²) < 4.78 is 14.3. The molecule has 0 radical (unpaired) electrons. The fourth-order valence-corrected chi connectivity index (χ4v) is 0.818. The number of hydrogen-bond donors (Lipinski definition) is 0. The predicted octanol–water partition coefficient (Wildman–Crippen LogP) is 0.851. The molecule has 0 amide bonds. The lowest BCUT2D eigenvalue weighted by molar-refractivity contribution is 0.0507. The zero-order valence-electron chi connectivity index (χ0n) is 8.02. The van der Waals surface area contributed by atoms with Crippen LogP contribution in [0.3, 0.4) is 0 Å². The van der Waals surface area contributed by atoms with E-state index in [2.05, 4.69) is 9.72 Å². The first kappa shape index (κ1) is 10.5. The number of pyridine rings is 1. The lowest BCUT2D eigenvalue weighted by Crippen LogP contribution is -2.04. The number of ether oxygens (including phenoxy) is 3. The summed E-state index contributed by atoms with van der Waals surface area (Å²) in [6, 6.07) is 3.15.